The van der Waals surface area contributed by atoms with Crippen LogP contribution in [0.4, 0.5) is 5.69 Å². The molecule has 2 aromatic heterocycles. The summed E-state index contributed by atoms with van der Waals surface area (Å²) in [4.78, 5) is 17.6. The van der Waals surface area contributed by atoms with Gasteiger partial charge < -0.3 is 5.32 Å². The monoisotopic (exact) mass is 495 g/mol. The standard InChI is InChI=1S/C21H22ClN3O3S3/c1-24(2)31(27,28)19-12-14(5-6-16(19)22)23-20(26)13-25-9-7-17-15(8-11-30-17)21(25)18-4-3-10-29-18/h3-6,8,10-12,21H,7,9,13H2,1-2H3,(H,23,26). The first-order chi connectivity index (χ1) is 14.8. The highest BCUT2D eigenvalue weighted by Crippen LogP contribution is 2.39. The Morgan fingerprint density at radius 1 is 1.23 bits per heavy atom. The van der Waals surface area contributed by atoms with Crippen LogP contribution in [0.1, 0.15) is 21.4 Å². The van der Waals surface area contributed by atoms with Crippen molar-refractivity contribution in [3.8, 4) is 0 Å². The van der Waals surface area contributed by atoms with Gasteiger partial charge in [0.2, 0.25) is 15.9 Å². The summed E-state index contributed by atoms with van der Waals surface area (Å²) < 4.78 is 26.1. The van der Waals surface area contributed by atoms with E-state index >= 15 is 0 Å². The van der Waals surface area contributed by atoms with E-state index in [-0.39, 0.29) is 28.4 Å². The van der Waals surface area contributed by atoms with E-state index in [1.807, 2.05) is 6.07 Å². The molecule has 0 radical (unpaired) electrons. The van der Waals surface area contributed by atoms with E-state index < -0.39 is 10.0 Å². The summed E-state index contributed by atoms with van der Waals surface area (Å²) in [6, 6.07) is 10.8. The Labute approximate surface area is 195 Å². The number of anilines is 1. The van der Waals surface area contributed by atoms with Crippen LogP contribution in [0.15, 0.2) is 52.1 Å². The van der Waals surface area contributed by atoms with Crippen molar-refractivity contribution < 1.29 is 13.2 Å². The Morgan fingerprint density at radius 3 is 2.74 bits per heavy atom. The summed E-state index contributed by atoms with van der Waals surface area (Å²) in [6.45, 7) is 0.987. The van der Waals surface area contributed by atoms with E-state index in [1.165, 1.54) is 41.5 Å². The Kier molecular flexibility index (Phi) is 6.52. The van der Waals surface area contributed by atoms with Gasteiger partial charge in [0.05, 0.1) is 17.6 Å². The third-order valence-electron chi connectivity index (χ3n) is 5.20. The van der Waals surface area contributed by atoms with Gasteiger partial charge in [0, 0.05) is 36.1 Å². The van der Waals surface area contributed by atoms with Crippen LogP contribution in [0.2, 0.25) is 5.02 Å². The molecule has 0 fully saturated rings. The van der Waals surface area contributed by atoms with Crippen molar-refractivity contribution in [2.45, 2.75) is 17.4 Å². The molecule has 0 spiro atoms. The van der Waals surface area contributed by atoms with E-state index in [0.717, 1.165) is 17.3 Å². The fraction of sp³-hybridized carbons (Fsp3) is 0.286. The number of fused-ring (bicyclic) bond motifs is 1. The Bertz CT molecular complexity index is 1190. The predicted molar refractivity (Wildman–Crippen MR) is 127 cm³/mol. The van der Waals surface area contributed by atoms with Crippen molar-refractivity contribution in [3.05, 3.63) is 67.5 Å². The first-order valence-electron chi connectivity index (χ1n) is 9.63. The minimum absolute atomic E-state index is 0.0330. The SMILES string of the molecule is CN(C)S(=O)(=O)c1cc(NC(=O)CN2CCc3sccc3C2c2cccs2)ccc1Cl. The molecule has 0 saturated heterocycles. The maximum Gasteiger partial charge on any atom is 0.244 e. The summed E-state index contributed by atoms with van der Waals surface area (Å²) in [5.74, 6) is -0.198. The van der Waals surface area contributed by atoms with Crippen LogP contribution in [0.25, 0.3) is 0 Å². The van der Waals surface area contributed by atoms with Gasteiger partial charge in [-0.05, 0) is 53.1 Å². The van der Waals surface area contributed by atoms with Crippen LogP contribution >= 0.6 is 34.3 Å². The quantitative estimate of drug-likeness (QED) is 0.553. The van der Waals surface area contributed by atoms with Crippen LogP contribution in [0, 0.1) is 0 Å². The normalized spacial score (nSPS) is 17.0. The molecule has 1 atom stereocenters. The molecule has 31 heavy (non-hydrogen) atoms. The number of rotatable bonds is 6. The zero-order valence-electron chi connectivity index (χ0n) is 17.0. The van der Waals surface area contributed by atoms with Crippen molar-refractivity contribution in [2.24, 2.45) is 0 Å². The van der Waals surface area contributed by atoms with Gasteiger partial charge >= 0.3 is 0 Å². The second-order valence-electron chi connectivity index (χ2n) is 7.42. The number of carbonyl (C=O) groups excluding carboxylic acids is 1. The lowest BCUT2D eigenvalue weighted by Crippen LogP contribution is -2.40. The molecule has 0 bridgehead atoms. The minimum atomic E-state index is -3.72. The summed E-state index contributed by atoms with van der Waals surface area (Å²) in [5.41, 5.74) is 1.66. The highest BCUT2D eigenvalue weighted by atomic mass is 35.5. The van der Waals surface area contributed by atoms with Crippen molar-refractivity contribution in [2.75, 3.05) is 32.5 Å². The molecule has 3 heterocycles. The summed E-state index contributed by atoms with van der Waals surface area (Å²) in [7, 11) is -0.834. The van der Waals surface area contributed by atoms with Crippen LogP contribution in [-0.4, -0.2) is 50.7 Å². The highest BCUT2D eigenvalue weighted by Gasteiger charge is 2.31. The average Bonchev–Trinajstić information content (AvgIpc) is 3.41. The minimum Gasteiger partial charge on any atom is -0.325 e. The summed E-state index contributed by atoms with van der Waals surface area (Å²) in [6.07, 6.45) is 0.911. The zero-order chi connectivity index (χ0) is 22.2. The van der Waals surface area contributed by atoms with E-state index in [2.05, 4.69) is 33.1 Å². The van der Waals surface area contributed by atoms with Crippen LogP contribution in [-0.2, 0) is 21.2 Å². The predicted octanol–water partition coefficient (Wildman–Crippen LogP) is 4.30. The van der Waals surface area contributed by atoms with Gasteiger partial charge in [-0.3, -0.25) is 9.69 Å². The van der Waals surface area contributed by atoms with Gasteiger partial charge in [-0.25, -0.2) is 12.7 Å². The van der Waals surface area contributed by atoms with Gasteiger partial charge in [0.1, 0.15) is 4.90 Å². The largest absolute Gasteiger partial charge is 0.325 e. The smallest absolute Gasteiger partial charge is 0.244 e. The number of hydrogen-bond acceptors (Lipinski definition) is 6. The molecular weight excluding hydrogens is 474 g/mol. The molecule has 6 nitrogen and oxygen atoms in total. The third-order valence-corrected chi connectivity index (χ3v) is 9.42. The van der Waals surface area contributed by atoms with Crippen molar-refractivity contribution in [1.29, 1.82) is 0 Å². The van der Waals surface area contributed by atoms with Gasteiger partial charge in [0.25, 0.3) is 0 Å². The maximum absolute atomic E-state index is 12.9. The molecule has 164 valence electrons. The summed E-state index contributed by atoms with van der Waals surface area (Å²) >= 11 is 9.55. The fourth-order valence-electron chi connectivity index (χ4n) is 3.68. The molecule has 10 heteroatoms. The lowest BCUT2D eigenvalue weighted by Gasteiger charge is -2.34. The first-order valence-corrected chi connectivity index (χ1v) is 13.2. The maximum atomic E-state index is 12.9. The highest BCUT2D eigenvalue weighted by molar-refractivity contribution is 7.89. The van der Waals surface area contributed by atoms with Gasteiger partial charge in [-0.1, -0.05) is 17.7 Å². The average molecular weight is 496 g/mol. The van der Waals surface area contributed by atoms with Crippen LogP contribution < -0.4 is 5.32 Å². The van der Waals surface area contributed by atoms with Crippen molar-refractivity contribution >= 4 is 55.9 Å². The number of sulfonamides is 1. The summed E-state index contributed by atoms with van der Waals surface area (Å²) in [5, 5.41) is 7.11. The number of amides is 1. The lowest BCUT2D eigenvalue weighted by atomic mass is 9.98. The molecule has 0 aliphatic carbocycles. The number of nitrogens with zero attached hydrogens (tertiary/aromatic N) is 2. The van der Waals surface area contributed by atoms with E-state index in [0.29, 0.717) is 5.69 Å². The molecule has 4 rings (SSSR count). The molecule has 0 saturated carbocycles. The molecule has 1 amide bonds. The first kappa shape index (κ1) is 22.4. The van der Waals surface area contributed by atoms with Crippen LogP contribution in [0.5, 0.6) is 0 Å². The molecule has 3 aromatic rings. The third kappa shape index (κ3) is 4.57. The molecule has 1 aliphatic rings. The van der Waals surface area contributed by atoms with E-state index in [9.17, 15) is 13.2 Å². The number of carbonyl (C=O) groups is 1. The number of nitrogens with one attached hydrogen (secondary N) is 1. The second kappa shape index (κ2) is 9.01. The number of benzene rings is 1. The van der Waals surface area contributed by atoms with Crippen molar-refractivity contribution in [3.63, 3.8) is 0 Å². The number of thiophene rings is 2. The number of halogens is 1. The topological polar surface area (TPSA) is 69.7 Å². The molecular formula is C21H22ClN3O3S3. The lowest BCUT2D eigenvalue weighted by molar-refractivity contribution is -0.117. The van der Waals surface area contributed by atoms with Crippen LogP contribution in [0.3, 0.4) is 0 Å². The van der Waals surface area contributed by atoms with Gasteiger partial charge in [-0.2, -0.15) is 0 Å². The molecule has 1 N–H and O–H groups in total. The van der Waals surface area contributed by atoms with Gasteiger partial charge in [-0.15, -0.1) is 22.7 Å². The second-order valence-corrected chi connectivity index (χ2v) is 11.9. The fourth-order valence-corrected chi connectivity index (χ4v) is 6.85. The number of hydrogen-bond donors (Lipinski definition) is 1. The Morgan fingerprint density at radius 2 is 2.03 bits per heavy atom. The van der Waals surface area contributed by atoms with Crippen molar-refractivity contribution in [1.82, 2.24) is 9.21 Å². The van der Waals surface area contributed by atoms with E-state index in [1.54, 1.807) is 28.7 Å². The Balaban J connectivity index is 1.54. The Hall–Kier alpha value is -1.75. The molecule has 1 unspecified atom stereocenters. The van der Waals surface area contributed by atoms with E-state index in [4.69, 9.17) is 11.6 Å². The molecule has 1 aliphatic heterocycles. The van der Waals surface area contributed by atoms with Gasteiger partial charge in [0.15, 0.2) is 0 Å². The zero-order valence-corrected chi connectivity index (χ0v) is 20.2. The molecule has 1 aromatic carbocycles.